The van der Waals surface area contributed by atoms with E-state index in [-0.39, 0.29) is 6.04 Å². The lowest BCUT2D eigenvalue weighted by atomic mass is 9.95. The van der Waals surface area contributed by atoms with Crippen molar-refractivity contribution in [2.45, 2.75) is 32.0 Å². The molecule has 0 saturated carbocycles. The summed E-state index contributed by atoms with van der Waals surface area (Å²) in [5, 5.41) is 3.14. The summed E-state index contributed by atoms with van der Waals surface area (Å²) in [4.78, 5) is 7.14. The Morgan fingerprint density at radius 1 is 1.11 bits per heavy atom. The Bertz CT molecular complexity index is 863. The number of thiazole rings is 1. The summed E-state index contributed by atoms with van der Waals surface area (Å²) >= 11 is 1.66. The number of aromatic nitrogens is 1. The van der Waals surface area contributed by atoms with Gasteiger partial charge in [0.15, 0.2) is 0 Å². The van der Waals surface area contributed by atoms with Gasteiger partial charge < -0.3 is 10.5 Å². The third kappa shape index (κ3) is 4.56. The molecule has 2 heterocycles. The average Bonchev–Trinajstić information content (AvgIpc) is 3.28. The van der Waals surface area contributed by atoms with Gasteiger partial charge in [0.05, 0.1) is 5.69 Å². The molecule has 4 nitrogen and oxygen atoms in total. The molecule has 27 heavy (non-hydrogen) atoms. The molecular formula is C22H25N3OS. The first-order valence-electron chi connectivity index (χ1n) is 9.33. The third-order valence-electron chi connectivity index (χ3n) is 5.04. The van der Waals surface area contributed by atoms with Crippen LogP contribution in [0, 0.1) is 6.92 Å². The molecule has 0 aliphatic carbocycles. The van der Waals surface area contributed by atoms with Gasteiger partial charge in [-0.15, -0.1) is 11.3 Å². The molecule has 1 saturated heterocycles. The van der Waals surface area contributed by atoms with Crippen molar-refractivity contribution in [2.75, 3.05) is 13.1 Å². The van der Waals surface area contributed by atoms with Crippen molar-refractivity contribution >= 4 is 11.3 Å². The molecule has 3 aromatic rings. The predicted octanol–water partition coefficient (Wildman–Crippen LogP) is 3.96. The van der Waals surface area contributed by atoms with Crippen LogP contribution in [0.25, 0.3) is 0 Å². The largest absolute Gasteiger partial charge is 0.486 e. The average molecular weight is 380 g/mol. The van der Waals surface area contributed by atoms with Crippen LogP contribution in [0.2, 0.25) is 0 Å². The van der Waals surface area contributed by atoms with Gasteiger partial charge in [0.25, 0.3) is 0 Å². The fourth-order valence-corrected chi connectivity index (χ4v) is 4.29. The van der Waals surface area contributed by atoms with E-state index in [9.17, 15) is 0 Å². The topological polar surface area (TPSA) is 51.4 Å². The minimum atomic E-state index is 0.176. The molecular weight excluding hydrogens is 354 g/mol. The fourth-order valence-electron chi connectivity index (χ4n) is 3.59. The zero-order chi connectivity index (χ0) is 18.6. The van der Waals surface area contributed by atoms with Crippen molar-refractivity contribution in [1.82, 2.24) is 9.88 Å². The van der Waals surface area contributed by atoms with Crippen LogP contribution in [0.15, 0.2) is 60.0 Å². The van der Waals surface area contributed by atoms with Crippen molar-refractivity contribution in [1.29, 1.82) is 0 Å². The van der Waals surface area contributed by atoms with Crippen LogP contribution in [0.3, 0.4) is 0 Å². The van der Waals surface area contributed by atoms with E-state index in [0.717, 1.165) is 36.1 Å². The lowest BCUT2D eigenvalue weighted by molar-refractivity contribution is 0.301. The van der Waals surface area contributed by atoms with Gasteiger partial charge in [0.1, 0.15) is 17.4 Å². The number of aryl methyl sites for hydroxylation is 1. The molecule has 1 aromatic heterocycles. The molecule has 4 rings (SSSR count). The third-order valence-corrected chi connectivity index (χ3v) is 5.91. The number of likely N-dealkylation sites (tertiary alicyclic amines) is 1. The monoisotopic (exact) mass is 379 g/mol. The molecule has 2 aromatic carbocycles. The number of hydrogen-bond donors (Lipinski definition) is 1. The number of ether oxygens (including phenoxy) is 1. The van der Waals surface area contributed by atoms with Crippen molar-refractivity contribution in [3.63, 3.8) is 0 Å². The van der Waals surface area contributed by atoms with Crippen LogP contribution in [0.5, 0.6) is 5.75 Å². The van der Waals surface area contributed by atoms with Gasteiger partial charge in [0, 0.05) is 37.0 Å². The smallest absolute Gasteiger partial charge is 0.140 e. The van der Waals surface area contributed by atoms with Crippen molar-refractivity contribution in [3.8, 4) is 5.75 Å². The second kappa shape index (κ2) is 8.21. The van der Waals surface area contributed by atoms with Gasteiger partial charge in [-0.1, -0.05) is 48.0 Å². The van der Waals surface area contributed by atoms with Crippen LogP contribution >= 0.6 is 11.3 Å². The molecule has 2 N–H and O–H groups in total. The van der Waals surface area contributed by atoms with Crippen molar-refractivity contribution < 1.29 is 4.74 Å². The van der Waals surface area contributed by atoms with Crippen LogP contribution in [0.4, 0.5) is 0 Å². The van der Waals surface area contributed by atoms with E-state index in [1.165, 1.54) is 11.1 Å². The molecule has 1 aliphatic heterocycles. The van der Waals surface area contributed by atoms with Crippen LogP contribution < -0.4 is 10.5 Å². The first kappa shape index (κ1) is 18.2. The lowest BCUT2D eigenvalue weighted by Gasteiger charge is -2.15. The van der Waals surface area contributed by atoms with Crippen LogP contribution in [-0.4, -0.2) is 29.0 Å². The highest BCUT2D eigenvalue weighted by Crippen LogP contribution is 2.27. The summed E-state index contributed by atoms with van der Waals surface area (Å²) in [6, 6.07) is 18.9. The Hall–Kier alpha value is -2.21. The maximum Gasteiger partial charge on any atom is 0.140 e. The summed E-state index contributed by atoms with van der Waals surface area (Å²) in [7, 11) is 0. The maximum absolute atomic E-state index is 6.40. The zero-order valence-corrected chi connectivity index (χ0v) is 16.4. The molecule has 0 spiro atoms. The van der Waals surface area contributed by atoms with Crippen LogP contribution in [-0.2, 0) is 13.2 Å². The summed E-state index contributed by atoms with van der Waals surface area (Å²) in [5.74, 6) is 1.28. The first-order chi connectivity index (χ1) is 13.2. The Kier molecular flexibility index (Phi) is 5.53. The second-order valence-electron chi connectivity index (χ2n) is 7.21. The van der Waals surface area contributed by atoms with Gasteiger partial charge in [-0.3, -0.25) is 4.90 Å². The van der Waals surface area contributed by atoms with Crippen LogP contribution in [0.1, 0.15) is 27.7 Å². The molecule has 1 aliphatic rings. The van der Waals surface area contributed by atoms with Gasteiger partial charge in [0.2, 0.25) is 0 Å². The van der Waals surface area contributed by atoms with E-state index in [1.54, 1.807) is 11.3 Å². The molecule has 1 fully saturated rings. The van der Waals surface area contributed by atoms with E-state index in [1.807, 2.05) is 12.1 Å². The molecule has 2 atom stereocenters. The quantitative estimate of drug-likeness (QED) is 0.704. The Labute approximate surface area is 164 Å². The van der Waals surface area contributed by atoms with Gasteiger partial charge in [-0.25, -0.2) is 4.98 Å². The Balaban J connectivity index is 1.32. The molecule has 5 heteroatoms. The molecule has 0 unspecified atom stereocenters. The summed E-state index contributed by atoms with van der Waals surface area (Å²) in [6.45, 7) is 5.33. The van der Waals surface area contributed by atoms with Crippen molar-refractivity contribution in [2.24, 2.45) is 5.73 Å². The predicted molar refractivity (Wildman–Crippen MR) is 110 cm³/mol. The summed E-state index contributed by atoms with van der Waals surface area (Å²) in [6.07, 6.45) is 0. The number of nitrogens with two attached hydrogens (primary N) is 1. The Morgan fingerprint density at radius 3 is 2.67 bits per heavy atom. The highest BCUT2D eigenvalue weighted by Gasteiger charge is 2.31. The fraction of sp³-hybridized carbons (Fsp3) is 0.318. The Morgan fingerprint density at radius 2 is 1.89 bits per heavy atom. The molecule has 0 bridgehead atoms. The van der Waals surface area contributed by atoms with Gasteiger partial charge >= 0.3 is 0 Å². The number of rotatable bonds is 6. The molecule has 0 radical (unpaired) electrons. The number of hydrogen-bond acceptors (Lipinski definition) is 5. The molecule has 140 valence electrons. The maximum atomic E-state index is 6.40. The van der Waals surface area contributed by atoms with E-state index in [0.29, 0.717) is 12.5 Å². The van der Waals surface area contributed by atoms with Gasteiger partial charge in [-0.05, 0) is 24.6 Å². The normalized spacial score (nSPS) is 20.1. The van der Waals surface area contributed by atoms with E-state index in [2.05, 4.69) is 59.7 Å². The SMILES string of the molecule is Cc1ccc(OCc2nc(CN3C[C@@H](N)[C@H](c4ccccc4)C3)cs2)cc1. The second-order valence-corrected chi connectivity index (χ2v) is 8.15. The standard InChI is InChI=1S/C22H25N3OS/c1-16-7-9-19(10-8-16)26-14-22-24-18(15-27-22)11-25-12-20(21(23)13-25)17-5-3-2-4-6-17/h2-10,15,20-21H,11-14,23H2,1H3/t20-,21+/m0/s1. The van der Waals surface area contributed by atoms with Crippen molar-refractivity contribution in [3.05, 3.63) is 81.8 Å². The minimum Gasteiger partial charge on any atom is -0.486 e. The minimum absolute atomic E-state index is 0.176. The molecule has 0 amide bonds. The van der Waals surface area contributed by atoms with E-state index >= 15 is 0 Å². The summed E-state index contributed by atoms with van der Waals surface area (Å²) in [5.41, 5.74) is 10.1. The number of benzene rings is 2. The number of nitrogens with zero attached hydrogens (tertiary/aromatic N) is 2. The lowest BCUT2D eigenvalue weighted by Crippen LogP contribution is -2.28. The van der Waals surface area contributed by atoms with E-state index < -0.39 is 0 Å². The first-order valence-corrected chi connectivity index (χ1v) is 10.2. The zero-order valence-electron chi connectivity index (χ0n) is 15.5. The highest BCUT2D eigenvalue weighted by atomic mass is 32.1. The van der Waals surface area contributed by atoms with E-state index in [4.69, 9.17) is 15.5 Å². The van der Waals surface area contributed by atoms with Gasteiger partial charge in [-0.2, -0.15) is 0 Å². The summed E-state index contributed by atoms with van der Waals surface area (Å²) < 4.78 is 5.84. The highest BCUT2D eigenvalue weighted by molar-refractivity contribution is 7.09.